The van der Waals surface area contributed by atoms with Crippen LogP contribution in [0.25, 0.3) is 0 Å². The molecule has 0 rings (SSSR count). The van der Waals surface area contributed by atoms with E-state index < -0.39 is 11.9 Å². The van der Waals surface area contributed by atoms with Crippen LogP contribution in [0.3, 0.4) is 0 Å². The van der Waals surface area contributed by atoms with E-state index in [1.165, 1.54) is 62.7 Å². The van der Waals surface area contributed by atoms with E-state index in [4.69, 9.17) is 10.2 Å². The third-order valence-corrected chi connectivity index (χ3v) is 4.12. The summed E-state index contributed by atoms with van der Waals surface area (Å²) in [4.78, 5) is 32.9. The van der Waals surface area contributed by atoms with E-state index in [1.807, 2.05) is 0 Å². The lowest BCUT2D eigenvalue weighted by molar-refractivity contribution is -0.143. The van der Waals surface area contributed by atoms with Gasteiger partial charge in [0.15, 0.2) is 0 Å². The molecule has 0 saturated carbocycles. The molecule has 0 aliphatic carbocycles. The maximum absolute atomic E-state index is 11.6. The fourth-order valence-corrected chi connectivity index (χ4v) is 2.57. The van der Waals surface area contributed by atoms with Crippen molar-refractivity contribution in [1.82, 2.24) is 10.2 Å². The molecule has 27 heavy (non-hydrogen) atoms. The molecular formula is C20H40N2O5. The predicted molar refractivity (Wildman–Crippen MR) is 108 cm³/mol. The lowest BCUT2D eigenvalue weighted by atomic mass is 10.1. The SMILES string of the molecule is CCCCCCCCCCCCCC(=O)N(C)CC(=O)O.CNCC(=O)O. The second-order valence-corrected chi connectivity index (χ2v) is 6.85. The summed E-state index contributed by atoms with van der Waals surface area (Å²) in [5.74, 6) is -1.84. The van der Waals surface area contributed by atoms with Gasteiger partial charge < -0.3 is 20.4 Å². The van der Waals surface area contributed by atoms with E-state index in [1.54, 1.807) is 14.1 Å². The van der Waals surface area contributed by atoms with E-state index in [-0.39, 0.29) is 19.0 Å². The number of carboxylic acids is 2. The average molecular weight is 389 g/mol. The van der Waals surface area contributed by atoms with Crippen molar-refractivity contribution in [2.24, 2.45) is 0 Å². The third-order valence-electron chi connectivity index (χ3n) is 4.12. The molecule has 1 amide bonds. The maximum atomic E-state index is 11.6. The first-order valence-electron chi connectivity index (χ1n) is 10.2. The first-order valence-corrected chi connectivity index (χ1v) is 10.2. The van der Waals surface area contributed by atoms with Crippen LogP contribution in [0.5, 0.6) is 0 Å². The number of carboxylic acid groups (broad SMARTS) is 2. The van der Waals surface area contributed by atoms with Crippen LogP contribution in [-0.4, -0.2) is 60.1 Å². The zero-order valence-corrected chi connectivity index (χ0v) is 17.5. The van der Waals surface area contributed by atoms with Gasteiger partial charge in [0.1, 0.15) is 6.54 Å². The molecule has 7 heteroatoms. The van der Waals surface area contributed by atoms with Gasteiger partial charge >= 0.3 is 11.9 Å². The molecule has 0 atom stereocenters. The Bertz CT molecular complexity index is 389. The van der Waals surface area contributed by atoms with Crippen LogP contribution in [0.1, 0.15) is 84.0 Å². The molecule has 0 aliphatic rings. The molecule has 0 aromatic heterocycles. The summed E-state index contributed by atoms with van der Waals surface area (Å²) in [6.07, 6.45) is 14.3. The monoisotopic (exact) mass is 388 g/mol. The van der Waals surface area contributed by atoms with E-state index >= 15 is 0 Å². The number of aliphatic carboxylic acids is 2. The van der Waals surface area contributed by atoms with Crippen LogP contribution in [0.2, 0.25) is 0 Å². The summed E-state index contributed by atoms with van der Waals surface area (Å²) in [6.45, 7) is 2.08. The van der Waals surface area contributed by atoms with Gasteiger partial charge in [-0.3, -0.25) is 14.4 Å². The van der Waals surface area contributed by atoms with Gasteiger partial charge in [-0.15, -0.1) is 0 Å². The highest BCUT2D eigenvalue weighted by molar-refractivity contribution is 5.80. The fraction of sp³-hybridized carbons (Fsp3) is 0.850. The van der Waals surface area contributed by atoms with Crippen molar-refractivity contribution in [3.63, 3.8) is 0 Å². The lowest BCUT2D eigenvalue weighted by Crippen LogP contribution is -2.31. The Balaban J connectivity index is 0. The van der Waals surface area contributed by atoms with Gasteiger partial charge in [0.25, 0.3) is 0 Å². The predicted octanol–water partition coefficient (Wildman–Crippen LogP) is 3.52. The zero-order valence-electron chi connectivity index (χ0n) is 17.5. The third kappa shape index (κ3) is 24.4. The summed E-state index contributed by atoms with van der Waals surface area (Å²) in [6, 6.07) is 0. The van der Waals surface area contributed by atoms with E-state index in [9.17, 15) is 14.4 Å². The lowest BCUT2D eigenvalue weighted by Gasteiger charge is -2.14. The van der Waals surface area contributed by atoms with E-state index in [0.29, 0.717) is 6.42 Å². The van der Waals surface area contributed by atoms with Crippen molar-refractivity contribution in [2.45, 2.75) is 84.0 Å². The molecule has 0 spiro atoms. The van der Waals surface area contributed by atoms with Gasteiger partial charge in [0.05, 0.1) is 6.54 Å². The molecule has 0 heterocycles. The number of hydrogen-bond donors (Lipinski definition) is 3. The van der Waals surface area contributed by atoms with Crippen molar-refractivity contribution in [3.05, 3.63) is 0 Å². The number of rotatable bonds is 16. The molecule has 0 radical (unpaired) electrons. The van der Waals surface area contributed by atoms with E-state index in [2.05, 4.69) is 12.2 Å². The minimum atomic E-state index is -0.954. The summed E-state index contributed by atoms with van der Waals surface area (Å²) >= 11 is 0. The Hall–Kier alpha value is -1.63. The van der Waals surface area contributed by atoms with Crippen LogP contribution in [0.4, 0.5) is 0 Å². The van der Waals surface area contributed by atoms with Gasteiger partial charge in [-0.2, -0.15) is 0 Å². The Morgan fingerprint density at radius 3 is 1.56 bits per heavy atom. The number of nitrogens with zero attached hydrogens (tertiary/aromatic N) is 1. The number of amides is 1. The highest BCUT2D eigenvalue weighted by Crippen LogP contribution is 2.12. The van der Waals surface area contributed by atoms with Crippen LogP contribution < -0.4 is 5.32 Å². The molecule has 0 unspecified atom stereocenters. The van der Waals surface area contributed by atoms with Gasteiger partial charge in [0, 0.05) is 13.5 Å². The van der Waals surface area contributed by atoms with E-state index in [0.717, 1.165) is 12.8 Å². The Morgan fingerprint density at radius 2 is 1.22 bits per heavy atom. The molecule has 0 saturated heterocycles. The Kier molecular flexibility index (Phi) is 21.1. The number of likely N-dealkylation sites (N-methyl/N-ethyl adjacent to an activating group) is 2. The van der Waals surface area contributed by atoms with Crippen LogP contribution in [-0.2, 0) is 14.4 Å². The van der Waals surface area contributed by atoms with Crippen LogP contribution in [0, 0.1) is 0 Å². The first-order chi connectivity index (χ1) is 12.8. The van der Waals surface area contributed by atoms with Gasteiger partial charge in [-0.25, -0.2) is 0 Å². The van der Waals surface area contributed by atoms with Crippen LogP contribution >= 0.6 is 0 Å². The smallest absolute Gasteiger partial charge is 0.323 e. The highest BCUT2D eigenvalue weighted by Gasteiger charge is 2.10. The molecule has 0 aliphatic heterocycles. The highest BCUT2D eigenvalue weighted by atomic mass is 16.4. The Morgan fingerprint density at radius 1 is 0.778 bits per heavy atom. The van der Waals surface area contributed by atoms with Crippen molar-refractivity contribution >= 4 is 17.8 Å². The summed E-state index contributed by atoms with van der Waals surface area (Å²) in [5.41, 5.74) is 0. The average Bonchev–Trinajstić information content (AvgIpc) is 2.59. The van der Waals surface area contributed by atoms with Crippen molar-refractivity contribution in [1.29, 1.82) is 0 Å². The van der Waals surface area contributed by atoms with Crippen molar-refractivity contribution in [2.75, 3.05) is 27.2 Å². The van der Waals surface area contributed by atoms with Gasteiger partial charge in [-0.1, -0.05) is 71.1 Å². The molecule has 160 valence electrons. The summed E-state index contributed by atoms with van der Waals surface area (Å²) in [7, 11) is 3.14. The second-order valence-electron chi connectivity index (χ2n) is 6.85. The zero-order chi connectivity index (χ0) is 20.9. The Labute approximate surface area is 164 Å². The number of unbranched alkanes of at least 4 members (excludes halogenated alkanes) is 10. The second kappa shape index (κ2) is 20.7. The minimum Gasteiger partial charge on any atom is -0.480 e. The summed E-state index contributed by atoms with van der Waals surface area (Å²) in [5, 5.41) is 18.9. The van der Waals surface area contributed by atoms with Crippen molar-refractivity contribution in [3.8, 4) is 0 Å². The molecule has 0 bridgehead atoms. The maximum Gasteiger partial charge on any atom is 0.323 e. The first kappa shape index (κ1) is 27.6. The fourth-order valence-electron chi connectivity index (χ4n) is 2.57. The quantitative estimate of drug-likeness (QED) is 0.349. The number of carbonyl (C=O) groups is 3. The molecule has 0 fully saturated rings. The number of carbonyl (C=O) groups excluding carboxylic acids is 1. The molecule has 3 N–H and O–H groups in total. The number of nitrogens with one attached hydrogen (secondary N) is 1. The molecule has 0 aromatic carbocycles. The van der Waals surface area contributed by atoms with Crippen LogP contribution in [0.15, 0.2) is 0 Å². The topological polar surface area (TPSA) is 107 Å². The standard InChI is InChI=1S/C17H33NO3.C3H7NO2/c1-3-4-5-6-7-8-9-10-11-12-13-14-16(19)18(2)15-17(20)21;1-4-2-3(5)6/h3-15H2,1-2H3,(H,20,21);4H,2H2,1H3,(H,5,6). The molecular weight excluding hydrogens is 348 g/mol. The normalized spacial score (nSPS) is 10.0. The molecule has 7 nitrogen and oxygen atoms in total. The largest absolute Gasteiger partial charge is 0.480 e. The van der Waals surface area contributed by atoms with Gasteiger partial charge in [-0.05, 0) is 13.5 Å². The molecule has 0 aromatic rings. The number of hydrogen-bond acceptors (Lipinski definition) is 4. The van der Waals surface area contributed by atoms with Gasteiger partial charge in [0.2, 0.25) is 5.91 Å². The summed E-state index contributed by atoms with van der Waals surface area (Å²) < 4.78 is 0. The minimum absolute atomic E-state index is 0.0417. The van der Waals surface area contributed by atoms with Crippen molar-refractivity contribution < 1.29 is 24.6 Å².